The lowest BCUT2D eigenvalue weighted by Gasteiger charge is -2.24. The number of aromatic carboxylic acids is 1. The summed E-state index contributed by atoms with van der Waals surface area (Å²) in [4.78, 5) is 35.1. The number of imide groups is 1. The van der Waals surface area contributed by atoms with Crippen LogP contribution in [0.5, 0.6) is 0 Å². The summed E-state index contributed by atoms with van der Waals surface area (Å²) in [7, 11) is 0. The van der Waals surface area contributed by atoms with E-state index >= 15 is 0 Å². The van der Waals surface area contributed by atoms with Crippen molar-refractivity contribution in [1.29, 1.82) is 0 Å². The average molecular weight is 254 g/mol. The molecule has 0 aromatic carbocycles. The fraction of sp³-hybridized carbons (Fsp3) is 0.300. The molecule has 0 saturated carbocycles. The van der Waals surface area contributed by atoms with Crippen LogP contribution in [0.15, 0.2) is 11.4 Å². The topological polar surface area (TPSA) is 86.7 Å². The van der Waals surface area contributed by atoms with Gasteiger partial charge in [-0.1, -0.05) is 0 Å². The van der Waals surface area contributed by atoms with Crippen LogP contribution in [-0.2, 0) is 16.1 Å². The number of carbonyl (C=O) groups is 3. The SMILES string of the molecule is O=C1CN(Cc2ccsc2C(=O)O)CC(=O)N1. The number of carboxylic acid groups (broad SMARTS) is 1. The van der Waals surface area contributed by atoms with E-state index in [4.69, 9.17) is 5.11 Å². The van der Waals surface area contributed by atoms with Crippen molar-refractivity contribution in [3.05, 3.63) is 21.9 Å². The molecule has 0 radical (unpaired) electrons. The molecule has 2 heterocycles. The molecule has 1 saturated heterocycles. The highest BCUT2D eigenvalue weighted by molar-refractivity contribution is 7.12. The summed E-state index contributed by atoms with van der Waals surface area (Å²) >= 11 is 1.14. The number of piperazine rings is 1. The number of carboxylic acids is 1. The molecule has 2 N–H and O–H groups in total. The van der Waals surface area contributed by atoms with Crippen molar-refractivity contribution in [3.8, 4) is 0 Å². The second-order valence-electron chi connectivity index (χ2n) is 3.70. The van der Waals surface area contributed by atoms with Gasteiger partial charge in [-0.3, -0.25) is 19.8 Å². The molecule has 0 unspecified atom stereocenters. The van der Waals surface area contributed by atoms with Crippen molar-refractivity contribution in [3.63, 3.8) is 0 Å². The van der Waals surface area contributed by atoms with Crippen molar-refractivity contribution in [2.24, 2.45) is 0 Å². The molecule has 1 aliphatic rings. The van der Waals surface area contributed by atoms with Gasteiger partial charge in [-0.25, -0.2) is 4.79 Å². The van der Waals surface area contributed by atoms with E-state index in [0.29, 0.717) is 12.1 Å². The molecular formula is C10H10N2O4S. The maximum absolute atomic E-state index is 11.1. The van der Waals surface area contributed by atoms with Crippen LogP contribution in [0.3, 0.4) is 0 Å². The van der Waals surface area contributed by atoms with Crippen molar-refractivity contribution in [1.82, 2.24) is 10.2 Å². The zero-order valence-corrected chi connectivity index (χ0v) is 9.62. The largest absolute Gasteiger partial charge is 0.477 e. The normalized spacial score (nSPS) is 16.9. The fourth-order valence-electron chi connectivity index (χ4n) is 1.70. The summed E-state index contributed by atoms with van der Waals surface area (Å²) in [5.41, 5.74) is 0.630. The zero-order chi connectivity index (χ0) is 12.4. The molecule has 90 valence electrons. The Balaban J connectivity index is 2.10. The van der Waals surface area contributed by atoms with E-state index in [-0.39, 0.29) is 29.8 Å². The predicted octanol–water partition coefficient (Wildman–Crippen LogP) is -0.0953. The van der Waals surface area contributed by atoms with E-state index in [1.807, 2.05) is 0 Å². The van der Waals surface area contributed by atoms with Gasteiger partial charge in [0.2, 0.25) is 11.8 Å². The summed E-state index contributed by atoms with van der Waals surface area (Å²) in [6, 6.07) is 1.70. The predicted molar refractivity (Wildman–Crippen MR) is 59.7 cm³/mol. The Labute approximate surface area is 101 Å². The van der Waals surface area contributed by atoms with Gasteiger partial charge in [0.1, 0.15) is 4.88 Å². The quantitative estimate of drug-likeness (QED) is 0.736. The first-order valence-corrected chi connectivity index (χ1v) is 5.79. The first-order valence-electron chi connectivity index (χ1n) is 4.91. The summed E-state index contributed by atoms with van der Waals surface area (Å²) in [6.07, 6.45) is 0. The number of rotatable bonds is 3. The summed E-state index contributed by atoms with van der Waals surface area (Å²) in [5.74, 6) is -1.69. The van der Waals surface area contributed by atoms with E-state index in [9.17, 15) is 14.4 Å². The maximum atomic E-state index is 11.1. The van der Waals surface area contributed by atoms with Crippen molar-refractivity contribution < 1.29 is 19.5 Å². The Morgan fingerprint density at radius 2 is 2.06 bits per heavy atom. The lowest BCUT2D eigenvalue weighted by Crippen LogP contribution is -2.50. The van der Waals surface area contributed by atoms with Crippen LogP contribution in [0, 0.1) is 0 Å². The molecule has 0 bridgehead atoms. The van der Waals surface area contributed by atoms with Crippen LogP contribution in [-0.4, -0.2) is 40.9 Å². The van der Waals surface area contributed by atoms with Gasteiger partial charge in [0, 0.05) is 6.54 Å². The average Bonchev–Trinajstić information content (AvgIpc) is 2.63. The van der Waals surface area contributed by atoms with Crippen LogP contribution < -0.4 is 5.32 Å². The standard InChI is InChI=1S/C10H10N2O4S/c13-7-4-12(5-8(14)11-7)3-6-1-2-17-9(6)10(15)16/h1-2H,3-5H2,(H,15,16)(H,11,13,14). The number of carbonyl (C=O) groups excluding carboxylic acids is 2. The summed E-state index contributed by atoms with van der Waals surface area (Å²) in [5, 5.41) is 12.8. The molecule has 0 atom stereocenters. The van der Waals surface area contributed by atoms with E-state index in [1.54, 1.807) is 16.3 Å². The number of nitrogens with zero attached hydrogens (tertiary/aromatic N) is 1. The van der Waals surface area contributed by atoms with Crippen LogP contribution >= 0.6 is 11.3 Å². The summed E-state index contributed by atoms with van der Waals surface area (Å²) in [6.45, 7) is 0.519. The molecule has 17 heavy (non-hydrogen) atoms. The third-order valence-electron chi connectivity index (χ3n) is 2.35. The van der Waals surface area contributed by atoms with Gasteiger partial charge < -0.3 is 5.11 Å². The van der Waals surface area contributed by atoms with Crippen molar-refractivity contribution in [2.45, 2.75) is 6.54 Å². The molecule has 1 aromatic rings. The number of thiophene rings is 1. The molecule has 1 aliphatic heterocycles. The second-order valence-corrected chi connectivity index (χ2v) is 4.61. The van der Waals surface area contributed by atoms with Crippen LogP contribution in [0.1, 0.15) is 15.2 Å². The smallest absolute Gasteiger partial charge is 0.346 e. The third kappa shape index (κ3) is 2.69. The minimum absolute atomic E-state index is 0.112. The highest BCUT2D eigenvalue weighted by atomic mass is 32.1. The number of hydrogen-bond donors (Lipinski definition) is 2. The highest BCUT2D eigenvalue weighted by Crippen LogP contribution is 2.18. The Morgan fingerprint density at radius 3 is 2.65 bits per heavy atom. The molecule has 1 fully saturated rings. The zero-order valence-electron chi connectivity index (χ0n) is 8.80. The van der Waals surface area contributed by atoms with Crippen LogP contribution in [0.4, 0.5) is 0 Å². The Bertz CT molecular complexity index is 466. The van der Waals surface area contributed by atoms with Gasteiger partial charge >= 0.3 is 5.97 Å². The Kier molecular flexibility index (Phi) is 3.21. The Morgan fingerprint density at radius 1 is 1.41 bits per heavy atom. The van der Waals surface area contributed by atoms with Gasteiger partial charge in [-0.15, -0.1) is 11.3 Å². The minimum atomic E-state index is -0.984. The molecule has 2 rings (SSSR count). The van der Waals surface area contributed by atoms with Gasteiger partial charge in [0.05, 0.1) is 13.1 Å². The first kappa shape index (κ1) is 11.7. The number of nitrogens with one attached hydrogen (secondary N) is 1. The van der Waals surface area contributed by atoms with Gasteiger partial charge in [-0.05, 0) is 17.0 Å². The molecule has 1 aromatic heterocycles. The fourth-order valence-corrected chi connectivity index (χ4v) is 2.45. The highest BCUT2D eigenvalue weighted by Gasteiger charge is 2.24. The van der Waals surface area contributed by atoms with Crippen molar-refractivity contribution in [2.75, 3.05) is 13.1 Å². The first-order chi connectivity index (χ1) is 8.06. The Hall–Kier alpha value is -1.73. The molecule has 0 spiro atoms. The van der Waals surface area contributed by atoms with Gasteiger partial charge in [0.15, 0.2) is 0 Å². The van der Waals surface area contributed by atoms with E-state index in [1.165, 1.54) is 0 Å². The van der Waals surface area contributed by atoms with Gasteiger partial charge in [-0.2, -0.15) is 0 Å². The molecule has 2 amide bonds. The molecule has 6 nitrogen and oxygen atoms in total. The minimum Gasteiger partial charge on any atom is -0.477 e. The third-order valence-corrected chi connectivity index (χ3v) is 3.29. The lowest BCUT2D eigenvalue weighted by molar-refractivity contribution is -0.136. The monoisotopic (exact) mass is 254 g/mol. The van der Waals surface area contributed by atoms with Crippen molar-refractivity contribution >= 4 is 29.1 Å². The van der Waals surface area contributed by atoms with Crippen LogP contribution in [0.2, 0.25) is 0 Å². The molecular weight excluding hydrogens is 244 g/mol. The van der Waals surface area contributed by atoms with E-state index in [0.717, 1.165) is 11.3 Å². The number of hydrogen-bond acceptors (Lipinski definition) is 5. The maximum Gasteiger partial charge on any atom is 0.346 e. The second kappa shape index (κ2) is 4.64. The molecule has 7 heteroatoms. The van der Waals surface area contributed by atoms with Gasteiger partial charge in [0.25, 0.3) is 0 Å². The summed E-state index contributed by atoms with van der Waals surface area (Å²) < 4.78 is 0. The molecule has 0 aliphatic carbocycles. The van der Waals surface area contributed by atoms with Crippen LogP contribution in [0.25, 0.3) is 0 Å². The lowest BCUT2D eigenvalue weighted by atomic mass is 10.2. The number of amides is 2. The van der Waals surface area contributed by atoms with E-state index in [2.05, 4.69) is 5.32 Å². The van der Waals surface area contributed by atoms with E-state index < -0.39 is 5.97 Å².